The van der Waals surface area contributed by atoms with Gasteiger partial charge in [-0.05, 0) is 62.7 Å². The van der Waals surface area contributed by atoms with Crippen LogP contribution in [-0.2, 0) is 11.3 Å². The van der Waals surface area contributed by atoms with Crippen LogP contribution in [0.1, 0.15) is 55.1 Å². The van der Waals surface area contributed by atoms with E-state index in [0.29, 0.717) is 33.1 Å². The van der Waals surface area contributed by atoms with Crippen LogP contribution in [-0.4, -0.2) is 45.7 Å². The fraction of sp³-hybridized carbons (Fsp3) is 0.250. The molecule has 0 radical (unpaired) electrons. The van der Waals surface area contributed by atoms with Gasteiger partial charge in [0.15, 0.2) is 5.78 Å². The zero-order valence-electron chi connectivity index (χ0n) is 18.1. The van der Waals surface area contributed by atoms with E-state index in [2.05, 4.69) is 9.97 Å². The molecule has 3 rings (SSSR count). The van der Waals surface area contributed by atoms with Gasteiger partial charge in [0.05, 0.1) is 25.4 Å². The predicted octanol–water partition coefficient (Wildman–Crippen LogP) is 4.38. The number of carbonyl (C=O) groups excluding carboxylic acids is 3. The van der Waals surface area contributed by atoms with Gasteiger partial charge >= 0.3 is 5.97 Å². The molecule has 0 spiro atoms. The summed E-state index contributed by atoms with van der Waals surface area (Å²) in [6, 6.07) is 11.9. The number of ether oxygens (including phenoxy) is 1. The van der Waals surface area contributed by atoms with Crippen molar-refractivity contribution in [3.8, 4) is 0 Å². The Morgan fingerprint density at radius 3 is 2.44 bits per heavy atom. The minimum absolute atomic E-state index is 0.154. The first kappa shape index (κ1) is 23.2. The number of pyridine rings is 1. The Morgan fingerprint density at radius 1 is 1.09 bits per heavy atom. The monoisotopic (exact) mass is 453 g/mol. The van der Waals surface area contributed by atoms with E-state index in [0.717, 1.165) is 0 Å². The lowest BCUT2D eigenvalue weighted by Gasteiger charge is -2.22. The highest BCUT2D eigenvalue weighted by Crippen LogP contribution is 2.21. The van der Waals surface area contributed by atoms with Crippen molar-refractivity contribution in [2.45, 2.75) is 27.3 Å². The number of rotatable bonds is 8. The first-order valence-electron chi connectivity index (χ1n) is 10.2. The maximum atomic E-state index is 13.3. The smallest absolute Gasteiger partial charge is 0.355 e. The second-order valence-electron chi connectivity index (χ2n) is 7.26. The molecule has 3 aromatic rings. The number of hydrogen-bond donors (Lipinski definition) is 1. The Balaban J connectivity index is 1.90. The Kier molecular flexibility index (Phi) is 7.43. The first-order chi connectivity index (χ1) is 15.3. The van der Waals surface area contributed by atoms with Crippen molar-refractivity contribution in [3.63, 3.8) is 0 Å². The number of aromatic nitrogens is 2. The number of hydrogen-bond acceptors (Lipinski definition) is 5. The van der Waals surface area contributed by atoms with Crippen LogP contribution in [0.2, 0.25) is 5.02 Å². The summed E-state index contributed by atoms with van der Waals surface area (Å²) < 4.78 is 5.06. The van der Waals surface area contributed by atoms with E-state index in [4.69, 9.17) is 16.3 Å². The summed E-state index contributed by atoms with van der Waals surface area (Å²) in [6.07, 6.45) is 1.63. The highest BCUT2D eigenvalue weighted by molar-refractivity contribution is 6.30. The van der Waals surface area contributed by atoms with Crippen molar-refractivity contribution >= 4 is 29.3 Å². The number of H-pyrrole nitrogens is 1. The minimum Gasteiger partial charge on any atom is -0.461 e. The van der Waals surface area contributed by atoms with Crippen LogP contribution in [0.5, 0.6) is 0 Å². The lowest BCUT2D eigenvalue weighted by Crippen LogP contribution is -2.35. The summed E-state index contributed by atoms with van der Waals surface area (Å²) in [4.78, 5) is 47.3. The second kappa shape index (κ2) is 10.2. The molecule has 0 aliphatic heterocycles. The molecule has 0 aliphatic carbocycles. The molecule has 1 amide bonds. The van der Waals surface area contributed by atoms with Crippen molar-refractivity contribution < 1.29 is 19.1 Å². The molecule has 0 bridgehead atoms. The van der Waals surface area contributed by atoms with Crippen LogP contribution in [0.25, 0.3) is 0 Å². The van der Waals surface area contributed by atoms with Gasteiger partial charge in [0.1, 0.15) is 5.69 Å². The van der Waals surface area contributed by atoms with Crippen molar-refractivity contribution in [2.24, 2.45) is 0 Å². The number of ketones is 1. The topological polar surface area (TPSA) is 92.4 Å². The number of esters is 1. The minimum atomic E-state index is -0.519. The summed E-state index contributed by atoms with van der Waals surface area (Å²) in [5.41, 5.74) is 2.73. The van der Waals surface area contributed by atoms with Crippen molar-refractivity contribution in [2.75, 3.05) is 13.2 Å². The molecule has 2 heterocycles. The number of benzene rings is 1. The largest absolute Gasteiger partial charge is 0.461 e. The van der Waals surface area contributed by atoms with E-state index >= 15 is 0 Å². The van der Waals surface area contributed by atoms with E-state index in [1.807, 2.05) is 6.07 Å². The fourth-order valence-corrected chi connectivity index (χ4v) is 3.62. The van der Waals surface area contributed by atoms with E-state index in [1.165, 1.54) is 4.90 Å². The van der Waals surface area contributed by atoms with Crippen LogP contribution >= 0.6 is 11.6 Å². The number of halogens is 1. The van der Waals surface area contributed by atoms with Gasteiger partial charge in [-0.25, -0.2) is 4.79 Å². The molecule has 166 valence electrons. The van der Waals surface area contributed by atoms with Gasteiger partial charge < -0.3 is 14.6 Å². The van der Waals surface area contributed by atoms with Gasteiger partial charge in [-0.3, -0.25) is 14.6 Å². The third-order valence-electron chi connectivity index (χ3n) is 4.99. The average Bonchev–Trinajstić information content (AvgIpc) is 3.08. The predicted molar refractivity (Wildman–Crippen MR) is 121 cm³/mol. The van der Waals surface area contributed by atoms with Crippen molar-refractivity contribution in [1.29, 1.82) is 0 Å². The molecule has 0 saturated carbocycles. The third-order valence-corrected chi connectivity index (χ3v) is 5.24. The van der Waals surface area contributed by atoms with E-state index in [-0.39, 0.29) is 37.1 Å². The normalized spacial score (nSPS) is 10.6. The maximum Gasteiger partial charge on any atom is 0.355 e. The number of carbonyl (C=O) groups is 3. The summed E-state index contributed by atoms with van der Waals surface area (Å²) in [5, 5.41) is 0.513. The van der Waals surface area contributed by atoms with Crippen LogP contribution in [0, 0.1) is 13.8 Å². The maximum absolute atomic E-state index is 13.3. The zero-order valence-corrected chi connectivity index (χ0v) is 18.9. The summed E-state index contributed by atoms with van der Waals surface area (Å²) >= 11 is 5.94. The summed E-state index contributed by atoms with van der Waals surface area (Å²) in [5.74, 6) is -1.13. The van der Waals surface area contributed by atoms with Crippen LogP contribution in [0.15, 0.2) is 48.7 Å². The van der Waals surface area contributed by atoms with E-state index < -0.39 is 5.97 Å². The highest BCUT2D eigenvalue weighted by atomic mass is 35.5. The van der Waals surface area contributed by atoms with Gasteiger partial charge in [-0.15, -0.1) is 0 Å². The van der Waals surface area contributed by atoms with Crippen LogP contribution in [0.3, 0.4) is 0 Å². The number of nitrogens with one attached hydrogen (secondary N) is 1. The van der Waals surface area contributed by atoms with Crippen LogP contribution in [0.4, 0.5) is 0 Å². The number of Topliss-reactive ketones (excluding diaryl/α,β-unsaturated/α-hetero) is 1. The number of aryl methyl sites for hydroxylation is 1. The molecule has 1 N–H and O–H groups in total. The van der Waals surface area contributed by atoms with Crippen molar-refractivity contribution in [3.05, 3.63) is 87.5 Å². The summed E-state index contributed by atoms with van der Waals surface area (Å²) in [6.45, 7) is 5.32. The fourth-order valence-electron chi connectivity index (χ4n) is 3.49. The van der Waals surface area contributed by atoms with E-state index in [1.54, 1.807) is 63.4 Å². The van der Waals surface area contributed by atoms with Gasteiger partial charge in [-0.2, -0.15) is 0 Å². The lowest BCUT2D eigenvalue weighted by molar-refractivity contribution is 0.0519. The van der Waals surface area contributed by atoms with Gasteiger partial charge in [0.25, 0.3) is 5.91 Å². The number of aromatic amines is 1. The molecule has 1 aromatic carbocycles. The quantitative estimate of drug-likeness (QED) is 0.403. The number of nitrogens with zero attached hydrogens (tertiary/aromatic N) is 2. The molecule has 8 heteroatoms. The SMILES string of the molecule is CCOC(=O)c1[nH]c(C)c(C(=O)CN(Cc2ccccn2)C(=O)c2ccc(Cl)cc2)c1C. The molecule has 0 aliphatic rings. The lowest BCUT2D eigenvalue weighted by atomic mass is 10.0. The Hall–Kier alpha value is -3.45. The molecular formula is C24H24ClN3O4. The molecule has 32 heavy (non-hydrogen) atoms. The number of amides is 1. The van der Waals surface area contributed by atoms with Gasteiger partial charge in [0, 0.05) is 28.0 Å². The Labute approximate surface area is 191 Å². The molecule has 0 saturated heterocycles. The molecular weight excluding hydrogens is 430 g/mol. The van der Waals surface area contributed by atoms with Gasteiger partial charge in [0.2, 0.25) is 0 Å². The third kappa shape index (κ3) is 5.23. The Bertz CT molecular complexity index is 1120. The summed E-state index contributed by atoms with van der Waals surface area (Å²) in [7, 11) is 0. The molecule has 0 atom stereocenters. The standard InChI is InChI=1S/C24H24ClN3O4/c1-4-32-24(31)22-15(2)21(16(3)27-22)20(29)14-28(13-19-7-5-6-12-26-19)23(30)17-8-10-18(25)11-9-17/h5-12,27H,4,13-14H2,1-3H3. The highest BCUT2D eigenvalue weighted by Gasteiger charge is 2.26. The average molecular weight is 454 g/mol. The molecule has 0 fully saturated rings. The molecule has 0 unspecified atom stereocenters. The zero-order chi connectivity index (χ0) is 23.3. The second-order valence-corrected chi connectivity index (χ2v) is 7.69. The first-order valence-corrected chi connectivity index (χ1v) is 10.5. The van der Waals surface area contributed by atoms with E-state index in [9.17, 15) is 14.4 Å². The molecule has 2 aromatic heterocycles. The van der Waals surface area contributed by atoms with Crippen molar-refractivity contribution in [1.82, 2.24) is 14.9 Å². The van der Waals surface area contributed by atoms with Gasteiger partial charge in [-0.1, -0.05) is 17.7 Å². The van der Waals surface area contributed by atoms with Crippen LogP contribution < -0.4 is 0 Å². The Morgan fingerprint density at radius 2 is 1.81 bits per heavy atom. The molecule has 7 nitrogen and oxygen atoms in total.